The van der Waals surface area contributed by atoms with E-state index in [-0.39, 0.29) is 11.6 Å². The molecule has 5 rings (SSSR count). The SMILES string of the molecule is C=Cc1ccc(Nc2nc3cc(Oc4ccnc(C(=O)NCCc5cccc(OC)c5)c4)ccc3n2C)cc1. The molecule has 0 bridgehead atoms. The number of nitrogens with one attached hydrogen (secondary N) is 2. The number of carbonyl (C=O) groups is 1. The van der Waals surface area contributed by atoms with Gasteiger partial charge in [-0.05, 0) is 60.0 Å². The molecule has 0 saturated heterocycles. The number of imidazole rings is 1. The smallest absolute Gasteiger partial charge is 0.270 e. The highest BCUT2D eigenvalue weighted by molar-refractivity contribution is 5.92. The van der Waals surface area contributed by atoms with Crippen LogP contribution < -0.4 is 20.1 Å². The van der Waals surface area contributed by atoms with Gasteiger partial charge < -0.3 is 24.7 Å². The van der Waals surface area contributed by atoms with Gasteiger partial charge in [0.2, 0.25) is 5.95 Å². The zero-order valence-corrected chi connectivity index (χ0v) is 21.8. The van der Waals surface area contributed by atoms with Crippen molar-refractivity contribution in [2.24, 2.45) is 7.05 Å². The zero-order chi connectivity index (χ0) is 27.2. The Balaban J connectivity index is 1.24. The molecule has 8 nitrogen and oxygen atoms in total. The zero-order valence-electron chi connectivity index (χ0n) is 21.8. The molecule has 2 heterocycles. The summed E-state index contributed by atoms with van der Waals surface area (Å²) in [5.41, 5.74) is 5.08. The lowest BCUT2D eigenvalue weighted by Gasteiger charge is -2.09. The number of amides is 1. The van der Waals surface area contributed by atoms with Crippen LogP contribution in [0.15, 0.2) is 91.6 Å². The predicted molar refractivity (Wildman–Crippen MR) is 154 cm³/mol. The third-order valence-corrected chi connectivity index (χ3v) is 6.29. The van der Waals surface area contributed by atoms with Gasteiger partial charge in [0.25, 0.3) is 5.91 Å². The molecule has 39 heavy (non-hydrogen) atoms. The van der Waals surface area contributed by atoms with Crippen molar-refractivity contribution in [2.45, 2.75) is 6.42 Å². The normalized spacial score (nSPS) is 10.7. The summed E-state index contributed by atoms with van der Waals surface area (Å²) in [7, 11) is 3.59. The first-order valence-corrected chi connectivity index (χ1v) is 12.5. The average molecular weight is 520 g/mol. The molecule has 196 valence electrons. The highest BCUT2D eigenvalue weighted by Crippen LogP contribution is 2.28. The predicted octanol–water partition coefficient (Wildman–Crippen LogP) is 6.13. The van der Waals surface area contributed by atoms with E-state index in [1.54, 1.807) is 25.4 Å². The fraction of sp³-hybridized carbons (Fsp3) is 0.129. The number of nitrogens with zero attached hydrogens (tertiary/aromatic N) is 3. The van der Waals surface area contributed by atoms with Gasteiger partial charge >= 0.3 is 0 Å². The van der Waals surface area contributed by atoms with Crippen molar-refractivity contribution in [1.82, 2.24) is 19.9 Å². The van der Waals surface area contributed by atoms with Crippen molar-refractivity contribution in [3.63, 3.8) is 0 Å². The maximum absolute atomic E-state index is 12.7. The maximum atomic E-state index is 12.7. The molecule has 0 fully saturated rings. The topological polar surface area (TPSA) is 90.3 Å². The minimum Gasteiger partial charge on any atom is -0.497 e. The summed E-state index contributed by atoms with van der Waals surface area (Å²) in [5, 5.41) is 6.27. The number of carbonyl (C=O) groups excluding carboxylic acids is 1. The van der Waals surface area contributed by atoms with Crippen molar-refractivity contribution >= 4 is 34.7 Å². The van der Waals surface area contributed by atoms with Crippen molar-refractivity contribution in [1.29, 1.82) is 0 Å². The average Bonchev–Trinajstić information content (AvgIpc) is 3.27. The summed E-state index contributed by atoms with van der Waals surface area (Å²) in [6.45, 7) is 4.27. The number of ether oxygens (including phenoxy) is 2. The second-order valence-corrected chi connectivity index (χ2v) is 8.93. The molecule has 5 aromatic rings. The first-order chi connectivity index (χ1) is 19.0. The Morgan fingerprint density at radius 3 is 2.62 bits per heavy atom. The molecular weight excluding hydrogens is 490 g/mol. The number of rotatable bonds is 10. The number of pyridine rings is 1. The number of aromatic nitrogens is 3. The van der Waals surface area contributed by atoms with Gasteiger partial charge in [-0.3, -0.25) is 9.78 Å². The fourth-order valence-corrected chi connectivity index (χ4v) is 4.16. The molecule has 1 amide bonds. The number of hydrogen-bond donors (Lipinski definition) is 2. The van der Waals surface area contributed by atoms with Crippen LogP contribution in [-0.2, 0) is 13.5 Å². The molecule has 0 atom stereocenters. The molecule has 0 aliphatic heterocycles. The van der Waals surface area contributed by atoms with E-state index in [1.807, 2.05) is 84.4 Å². The van der Waals surface area contributed by atoms with Gasteiger partial charge in [-0.1, -0.05) is 36.9 Å². The first-order valence-electron chi connectivity index (χ1n) is 12.5. The van der Waals surface area contributed by atoms with Crippen LogP contribution in [-0.4, -0.2) is 34.1 Å². The Morgan fingerprint density at radius 2 is 1.82 bits per heavy atom. The van der Waals surface area contributed by atoms with Gasteiger partial charge in [-0.25, -0.2) is 4.98 Å². The molecule has 0 unspecified atom stereocenters. The Labute approximate surface area is 226 Å². The van der Waals surface area contributed by atoms with Crippen molar-refractivity contribution in [3.8, 4) is 17.2 Å². The van der Waals surface area contributed by atoms with E-state index in [0.29, 0.717) is 30.4 Å². The third kappa shape index (κ3) is 6.07. The van der Waals surface area contributed by atoms with E-state index in [1.165, 1.54) is 0 Å². The van der Waals surface area contributed by atoms with Gasteiger partial charge in [0, 0.05) is 37.6 Å². The lowest BCUT2D eigenvalue weighted by Crippen LogP contribution is -2.26. The van der Waals surface area contributed by atoms with E-state index in [2.05, 4.69) is 22.2 Å². The maximum Gasteiger partial charge on any atom is 0.270 e. The number of benzene rings is 3. The number of hydrogen-bond acceptors (Lipinski definition) is 6. The van der Waals surface area contributed by atoms with Gasteiger partial charge in [-0.2, -0.15) is 0 Å². The Kier molecular flexibility index (Phi) is 7.54. The number of fused-ring (bicyclic) bond motifs is 1. The van der Waals surface area contributed by atoms with E-state index in [4.69, 9.17) is 14.5 Å². The molecule has 0 radical (unpaired) electrons. The summed E-state index contributed by atoms with van der Waals surface area (Å²) in [6, 6.07) is 24.8. The lowest BCUT2D eigenvalue weighted by atomic mass is 10.1. The largest absolute Gasteiger partial charge is 0.497 e. The van der Waals surface area contributed by atoms with E-state index in [9.17, 15) is 4.79 Å². The highest BCUT2D eigenvalue weighted by Gasteiger charge is 2.12. The number of methoxy groups -OCH3 is 1. The van der Waals surface area contributed by atoms with E-state index < -0.39 is 0 Å². The highest BCUT2D eigenvalue weighted by atomic mass is 16.5. The van der Waals surface area contributed by atoms with Crippen LogP contribution in [0, 0.1) is 0 Å². The summed E-state index contributed by atoms with van der Waals surface area (Å²) >= 11 is 0. The minimum absolute atomic E-state index is 0.264. The van der Waals surface area contributed by atoms with Crippen LogP contribution in [0.1, 0.15) is 21.6 Å². The van der Waals surface area contributed by atoms with E-state index >= 15 is 0 Å². The van der Waals surface area contributed by atoms with Crippen molar-refractivity contribution in [2.75, 3.05) is 19.0 Å². The molecule has 0 aliphatic carbocycles. The Bertz CT molecular complexity index is 1630. The molecular formula is C31H29N5O3. The second kappa shape index (κ2) is 11.5. The molecule has 3 aromatic carbocycles. The van der Waals surface area contributed by atoms with Crippen LogP contribution in [0.2, 0.25) is 0 Å². The summed E-state index contributed by atoms with van der Waals surface area (Å²) in [5.74, 6) is 2.36. The molecule has 2 N–H and O–H groups in total. The number of aryl methyl sites for hydroxylation is 1. The van der Waals surface area contributed by atoms with Gasteiger partial charge in [0.15, 0.2) is 0 Å². The quantitative estimate of drug-likeness (QED) is 0.231. The molecule has 0 saturated carbocycles. The van der Waals surface area contributed by atoms with Gasteiger partial charge in [0.05, 0.1) is 18.1 Å². The molecule has 0 aliphatic rings. The standard InChI is InChI=1S/C31H29N5O3/c1-4-21-8-10-23(11-9-21)34-31-35-27-19-25(12-13-29(27)36(31)2)39-26-15-17-32-28(20-26)30(37)33-16-14-22-6-5-7-24(18-22)38-3/h4-13,15,17-20H,1,14,16H2,2-3H3,(H,33,37)(H,34,35). The molecule has 0 spiro atoms. The minimum atomic E-state index is -0.264. The molecule has 8 heteroatoms. The van der Waals surface area contributed by atoms with Crippen LogP contribution >= 0.6 is 0 Å². The van der Waals surface area contributed by atoms with Crippen LogP contribution in [0.5, 0.6) is 17.2 Å². The summed E-state index contributed by atoms with van der Waals surface area (Å²) in [6.07, 6.45) is 4.05. The van der Waals surface area contributed by atoms with Crippen molar-refractivity contribution in [3.05, 3.63) is 108 Å². The Hall–Kier alpha value is -5.11. The second-order valence-electron chi connectivity index (χ2n) is 8.93. The van der Waals surface area contributed by atoms with E-state index in [0.717, 1.165) is 33.6 Å². The Morgan fingerprint density at radius 1 is 1.00 bits per heavy atom. The van der Waals surface area contributed by atoms with Gasteiger partial charge in [0.1, 0.15) is 22.9 Å². The lowest BCUT2D eigenvalue weighted by molar-refractivity contribution is 0.0949. The van der Waals surface area contributed by atoms with Crippen LogP contribution in [0.25, 0.3) is 17.1 Å². The monoisotopic (exact) mass is 519 g/mol. The summed E-state index contributed by atoms with van der Waals surface area (Å²) < 4.78 is 13.3. The first kappa shape index (κ1) is 25.5. The fourth-order valence-electron chi connectivity index (χ4n) is 4.16. The van der Waals surface area contributed by atoms with Crippen molar-refractivity contribution < 1.29 is 14.3 Å². The third-order valence-electron chi connectivity index (χ3n) is 6.29. The van der Waals surface area contributed by atoms with Crippen LogP contribution in [0.3, 0.4) is 0 Å². The summed E-state index contributed by atoms with van der Waals surface area (Å²) in [4.78, 5) is 21.6. The van der Waals surface area contributed by atoms with Gasteiger partial charge in [-0.15, -0.1) is 0 Å². The van der Waals surface area contributed by atoms with Crippen LogP contribution in [0.4, 0.5) is 11.6 Å². The number of anilines is 2. The molecule has 2 aromatic heterocycles.